The number of nitrogens with zero attached hydrogens (tertiary/aromatic N) is 2. The Morgan fingerprint density at radius 2 is 2.05 bits per heavy atom. The number of likely N-dealkylation sites (N-methyl/N-ethyl adjacent to an activating group) is 1. The van der Waals surface area contributed by atoms with E-state index in [2.05, 4.69) is 0 Å². The van der Waals surface area contributed by atoms with Gasteiger partial charge in [-0.15, -0.1) is 0 Å². The maximum atomic E-state index is 12.2. The lowest BCUT2D eigenvalue weighted by atomic mass is 10.0. The van der Waals surface area contributed by atoms with Gasteiger partial charge >= 0.3 is 0 Å². The molecule has 0 aromatic heterocycles. The van der Waals surface area contributed by atoms with Crippen LogP contribution in [-0.2, 0) is 11.2 Å². The lowest BCUT2D eigenvalue weighted by Crippen LogP contribution is -2.43. The van der Waals surface area contributed by atoms with E-state index in [4.69, 9.17) is 11.6 Å². The second-order valence-electron chi connectivity index (χ2n) is 6.15. The molecule has 1 aromatic carbocycles. The lowest BCUT2D eigenvalue weighted by molar-refractivity contribution is -0.131. The van der Waals surface area contributed by atoms with Gasteiger partial charge in [0.1, 0.15) is 0 Å². The van der Waals surface area contributed by atoms with Crippen molar-refractivity contribution < 1.29 is 9.90 Å². The van der Waals surface area contributed by atoms with Crippen molar-refractivity contribution in [3.8, 4) is 0 Å². The molecule has 4 nitrogen and oxygen atoms in total. The Kier molecular flexibility index (Phi) is 5.25. The number of hydrogen-bond acceptors (Lipinski definition) is 3. The maximum absolute atomic E-state index is 12.2. The van der Waals surface area contributed by atoms with Gasteiger partial charge in [0.25, 0.3) is 0 Å². The Bertz CT molecular complexity index is 490. The number of aryl methyl sites for hydroxylation is 1. The zero-order chi connectivity index (χ0) is 15.5. The van der Waals surface area contributed by atoms with Gasteiger partial charge < -0.3 is 14.9 Å². The van der Waals surface area contributed by atoms with Gasteiger partial charge in [0.2, 0.25) is 5.91 Å². The highest BCUT2D eigenvalue weighted by Crippen LogP contribution is 2.23. The maximum Gasteiger partial charge on any atom is 0.223 e. The molecule has 0 radical (unpaired) electrons. The fourth-order valence-corrected chi connectivity index (χ4v) is 2.97. The van der Waals surface area contributed by atoms with Crippen molar-refractivity contribution in [3.63, 3.8) is 0 Å². The highest BCUT2D eigenvalue weighted by molar-refractivity contribution is 6.30. The fourth-order valence-electron chi connectivity index (χ4n) is 2.85. The summed E-state index contributed by atoms with van der Waals surface area (Å²) in [6.07, 6.45) is 1.83. The average molecular weight is 311 g/mol. The van der Waals surface area contributed by atoms with Crippen LogP contribution in [0.1, 0.15) is 18.4 Å². The van der Waals surface area contributed by atoms with Crippen molar-refractivity contribution in [2.75, 3.05) is 33.7 Å². The number of β-amino-alcohol motifs (C(OH)–C–C–N with tert-alkyl or cyclic N) is 1. The Labute approximate surface area is 131 Å². The van der Waals surface area contributed by atoms with Crippen LogP contribution in [0.25, 0.3) is 0 Å². The first-order valence-corrected chi connectivity index (χ1v) is 7.65. The molecule has 0 aliphatic carbocycles. The molecular formula is C16H23ClN2O2. The number of halogens is 1. The Hall–Kier alpha value is -1.10. The molecule has 0 spiro atoms. The van der Waals surface area contributed by atoms with Crippen LogP contribution >= 0.6 is 11.6 Å². The van der Waals surface area contributed by atoms with Gasteiger partial charge in [-0.3, -0.25) is 4.79 Å². The van der Waals surface area contributed by atoms with Gasteiger partial charge in [-0.25, -0.2) is 0 Å². The number of amides is 1. The number of carbonyl (C=O) groups excluding carboxylic acids is 1. The molecule has 5 heteroatoms. The zero-order valence-corrected chi connectivity index (χ0v) is 13.4. The minimum atomic E-state index is -0.764. The summed E-state index contributed by atoms with van der Waals surface area (Å²) >= 11 is 5.84. The van der Waals surface area contributed by atoms with Gasteiger partial charge in [0, 0.05) is 24.5 Å². The van der Waals surface area contributed by atoms with E-state index in [0.29, 0.717) is 43.9 Å². The van der Waals surface area contributed by atoms with Gasteiger partial charge in [0.15, 0.2) is 0 Å². The Morgan fingerprint density at radius 1 is 1.38 bits per heavy atom. The molecule has 1 aromatic rings. The minimum absolute atomic E-state index is 0.111. The Morgan fingerprint density at radius 3 is 2.67 bits per heavy atom. The predicted molar refractivity (Wildman–Crippen MR) is 84.5 cm³/mol. The number of carbonyl (C=O) groups is 1. The minimum Gasteiger partial charge on any atom is -0.387 e. The molecule has 1 aliphatic rings. The number of likely N-dealkylation sites (tertiary alicyclic amines) is 1. The largest absolute Gasteiger partial charge is 0.387 e. The van der Waals surface area contributed by atoms with E-state index in [1.807, 2.05) is 43.3 Å². The fraction of sp³-hybridized carbons (Fsp3) is 0.562. The average Bonchev–Trinajstić information content (AvgIpc) is 2.79. The number of aliphatic hydroxyl groups is 1. The molecule has 1 atom stereocenters. The summed E-state index contributed by atoms with van der Waals surface area (Å²) in [5.74, 6) is 0.111. The smallest absolute Gasteiger partial charge is 0.223 e. The van der Waals surface area contributed by atoms with Crippen LogP contribution in [0.3, 0.4) is 0 Å². The van der Waals surface area contributed by atoms with Crippen molar-refractivity contribution in [3.05, 3.63) is 34.9 Å². The first kappa shape index (κ1) is 16.3. The second kappa shape index (κ2) is 6.77. The van der Waals surface area contributed by atoms with Gasteiger partial charge in [0.05, 0.1) is 12.1 Å². The summed E-state index contributed by atoms with van der Waals surface area (Å²) in [6, 6.07) is 7.57. The monoisotopic (exact) mass is 310 g/mol. The van der Waals surface area contributed by atoms with E-state index < -0.39 is 5.60 Å². The highest BCUT2D eigenvalue weighted by Gasteiger charge is 2.38. The van der Waals surface area contributed by atoms with E-state index in [0.717, 1.165) is 5.56 Å². The molecule has 2 rings (SSSR count). The summed E-state index contributed by atoms with van der Waals surface area (Å²) in [5, 5.41) is 11.2. The van der Waals surface area contributed by atoms with Crippen molar-refractivity contribution in [2.45, 2.75) is 24.9 Å². The summed E-state index contributed by atoms with van der Waals surface area (Å²) in [6.45, 7) is 1.67. The third-order valence-electron chi connectivity index (χ3n) is 3.84. The third kappa shape index (κ3) is 4.70. The number of hydrogen-bond donors (Lipinski definition) is 1. The van der Waals surface area contributed by atoms with Crippen LogP contribution in [0.15, 0.2) is 24.3 Å². The Balaban J connectivity index is 1.83. The van der Waals surface area contributed by atoms with Gasteiger partial charge in [-0.05, 0) is 44.6 Å². The van der Waals surface area contributed by atoms with E-state index >= 15 is 0 Å². The summed E-state index contributed by atoms with van der Waals surface area (Å²) < 4.78 is 0. The van der Waals surface area contributed by atoms with Crippen molar-refractivity contribution in [1.29, 1.82) is 0 Å². The highest BCUT2D eigenvalue weighted by atomic mass is 35.5. The standard InChI is InChI=1S/C16H23ClN2O2/c1-18(2)11-16(21)9-10-19(12-16)15(20)8-5-13-3-6-14(17)7-4-13/h3-4,6-7,21H,5,8-12H2,1-2H3/t16-/m1/s1. The van der Waals surface area contributed by atoms with Crippen molar-refractivity contribution in [1.82, 2.24) is 9.80 Å². The molecular weight excluding hydrogens is 288 g/mol. The molecule has 116 valence electrons. The van der Waals surface area contributed by atoms with Gasteiger partial charge in [-0.2, -0.15) is 0 Å². The van der Waals surface area contributed by atoms with Crippen LogP contribution < -0.4 is 0 Å². The quantitative estimate of drug-likeness (QED) is 0.902. The summed E-state index contributed by atoms with van der Waals surface area (Å²) in [4.78, 5) is 16.0. The molecule has 0 unspecified atom stereocenters. The molecule has 0 saturated carbocycles. The van der Waals surface area contributed by atoms with Crippen LogP contribution in [0.5, 0.6) is 0 Å². The van der Waals surface area contributed by atoms with Gasteiger partial charge in [-0.1, -0.05) is 23.7 Å². The third-order valence-corrected chi connectivity index (χ3v) is 4.09. The number of rotatable bonds is 5. The van der Waals surface area contributed by atoms with E-state index in [9.17, 15) is 9.90 Å². The molecule has 1 amide bonds. The zero-order valence-electron chi connectivity index (χ0n) is 12.7. The first-order chi connectivity index (χ1) is 9.88. The second-order valence-corrected chi connectivity index (χ2v) is 6.59. The molecule has 21 heavy (non-hydrogen) atoms. The molecule has 1 saturated heterocycles. The molecule has 1 fully saturated rings. The summed E-state index contributed by atoms with van der Waals surface area (Å²) in [5.41, 5.74) is 0.342. The summed E-state index contributed by atoms with van der Waals surface area (Å²) in [7, 11) is 3.87. The molecule has 1 aliphatic heterocycles. The van der Waals surface area contributed by atoms with Crippen LogP contribution in [0, 0.1) is 0 Å². The number of benzene rings is 1. The lowest BCUT2D eigenvalue weighted by Gasteiger charge is -2.26. The molecule has 1 N–H and O–H groups in total. The normalized spacial score (nSPS) is 22.0. The van der Waals surface area contributed by atoms with Crippen LogP contribution in [-0.4, -0.2) is 60.1 Å². The first-order valence-electron chi connectivity index (χ1n) is 7.27. The van der Waals surface area contributed by atoms with Crippen LogP contribution in [0.4, 0.5) is 0 Å². The molecule has 0 bridgehead atoms. The predicted octanol–water partition coefficient (Wildman–Crippen LogP) is 1.80. The SMILES string of the molecule is CN(C)C[C@]1(O)CCN(C(=O)CCc2ccc(Cl)cc2)C1. The van der Waals surface area contributed by atoms with E-state index in [1.54, 1.807) is 4.90 Å². The topological polar surface area (TPSA) is 43.8 Å². The van der Waals surface area contributed by atoms with E-state index in [-0.39, 0.29) is 5.91 Å². The van der Waals surface area contributed by atoms with Crippen molar-refractivity contribution in [2.24, 2.45) is 0 Å². The van der Waals surface area contributed by atoms with Crippen LogP contribution in [0.2, 0.25) is 5.02 Å². The molecule has 1 heterocycles. The van der Waals surface area contributed by atoms with Crippen molar-refractivity contribution >= 4 is 17.5 Å². The van der Waals surface area contributed by atoms with E-state index in [1.165, 1.54) is 0 Å².